The van der Waals surface area contributed by atoms with Crippen LogP contribution < -0.4 is 11.1 Å². The third-order valence-corrected chi connectivity index (χ3v) is 4.51. The van der Waals surface area contributed by atoms with E-state index in [-0.39, 0.29) is 11.3 Å². The molecule has 6 heteroatoms. The van der Waals surface area contributed by atoms with Crippen molar-refractivity contribution in [3.8, 4) is 11.4 Å². The van der Waals surface area contributed by atoms with Crippen LogP contribution in [-0.2, 0) is 0 Å². The summed E-state index contributed by atoms with van der Waals surface area (Å²) in [6, 6.07) is 3.75. The molecule has 0 radical (unpaired) electrons. The number of nitrogens with one attached hydrogen (secondary N) is 2. The molecule has 0 aromatic carbocycles. The summed E-state index contributed by atoms with van der Waals surface area (Å²) in [5.41, 5.74) is 7.97. The lowest BCUT2D eigenvalue weighted by atomic mass is 9.69. The highest BCUT2D eigenvalue weighted by Crippen LogP contribution is 2.39. The fraction of sp³-hybridized carbons (Fsp3) is 0.438. The topological polar surface area (TPSA) is 96.7 Å². The average Bonchev–Trinajstić information content (AvgIpc) is 2.89. The summed E-state index contributed by atoms with van der Waals surface area (Å²) < 4.78 is 0. The molecule has 0 saturated heterocycles. The molecule has 0 unspecified atom stereocenters. The van der Waals surface area contributed by atoms with E-state index in [0.717, 1.165) is 24.1 Å². The van der Waals surface area contributed by atoms with Crippen LogP contribution in [0.3, 0.4) is 0 Å². The molecule has 0 atom stereocenters. The van der Waals surface area contributed by atoms with Gasteiger partial charge in [0.2, 0.25) is 0 Å². The van der Waals surface area contributed by atoms with E-state index in [2.05, 4.69) is 20.3 Å². The van der Waals surface area contributed by atoms with Crippen molar-refractivity contribution in [1.82, 2.24) is 20.3 Å². The minimum absolute atomic E-state index is 0.0893. The van der Waals surface area contributed by atoms with Crippen molar-refractivity contribution >= 4 is 5.91 Å². The van der Waals surface area contributed by atoms with Gasteiger partial charge in [-0.05, 0) is 43.9 Å². The molecular formula is C16H21N5O. The fourth-order valence-corrected chi connectivity index (χ4v) is 2.80. The van der Waals surface area contributed by atoms with E-state index in [0.29, 0.717) is 24.6 Å². The standard InChI is InChI=1S/C16H21N5O/c1-11-13(15(22)19-10-16(9-17)5-3-6-16)21-14(20-11)12-4-2-7-18-8-12/h2,4,7-8H,3,5-6,9-10,17H2,1H3,(H,19,22)(H,20,21). The van der Waals surface area contributed by atoms with E-state index in [1.54, 1.807) is 12.4 Å². The first-order valence-corrected chi connectivity index (χ1v) is 7.59. The van der Waals surface area contributed by atoms with Gasteiger partial charge in [-0.25, -0.2) is 4.98 Å². The maximum absolute atomic E-state index is 12.4. The summed E-state index contributed by atoms with van der Waals surface area (Å²) in [6.07, 6.45) is 6.80. The van der Waals surface area contributed by atoms with Crippen LogP contribution in [0.5, 0.6) is 0 Å². The Morgan fingerprint density at radius 2 is 2.32 bits per heavy atom. The van der Waals surface area contributed by atoms with Crippen molar-refractivity contribution in [3.63, 3.8) is 0 Å². The number of H-pyrrole nitrogens is 1. The molecule has 4 N–H and O–H groups in total. The van der Waals surface area contributed by atoms with Crippen LogP contribution in [0.4, 0.5) is 0 Å². The Labute approximate surface area is 129 Å². The van der Waals surface area contributed by atoms with Gasteiger partial charge in [-0.2, -0.15) is 0 Å². The monoisotopic (exact) mass is 299 g/mol. The predicted octanol–water partition coefficient (Wildman–Crippen LogP) is 1.64. The molecule has 1 aliphatic rings. The van der Waals surface area contributed by atoms with Gasteiger partial charge in [-0.15, -0.1) is 0 Å². The number of pyridine rings is 1. The van der Waals surface area contributed by atoms with Gasteiger partial charge < -0.3 is 16.0 Å². The number of hydrogen-bond donors (Lipinski definition) is 3. The molecule has 3 rings (SSSR count). The van der Waals surface area contributed by atoms with E-state index in [4.69, 9.17) is 5.73 Å². The Balaban J connectivity index is 1.72. The normalized spacial score (nSPS) is 16.1. The smallest absolute Gasteiger partial charge is 0.271 e. The molecule has 2 aromatic rings. The third-order valence-electron chi connectivity index (χ3n) is 4.51. The van der Waals surface area contributed by atoms with Gasteiger partial charge in [0, 0.05) is 30.2 Å². The second-order valence-electron chi connectivity index (χ2n) is 6.04. The lowest BCUT2D eigenvalue weighted by molar-refractivity contribution is 0.0871. The highest BCUT2D eigenvalue weighted by atomic mass is 16.1. The van der Waals surface area contributed by atoms with Gasteiger partial charge in [-0.3, -0.25) is 9.78 Å². The molecule has 2 aromatic heterocycles. The second-order valence-corrected chi connectivity index (χ2v) is 6.04. The second kappa shape index (κ2) is 5.88. The summed E-state index contributed by atoms with van der Waals surface area (Å²) in [6.45, 7) is 3.09. The van der Waals surface area contributed by atoms with E-state index < -0.39 is 0 Å². The SMILES string of the molecule is Cc1[nH]c(-c2cccnc2)nc1C(=O)NCC1(CN)CCC1. The first kappa shape index (κ1) is 14.7. The van der Waals surface area contributed by atoms with Crippen LogP contribution in [0.25, 0.3) is 11.4 Å². The Morgan fingerprint density at radius 3 is 2.91 bits per heavy atom. The molecule has 1 aliphatic carbocycles. The zero-order chi connectivity index (χ0) is 15.6. The third kappa shape index (κ3) is 2.74. The van der Waals surface area contributed by atoms with Gasteiger partial charge >= 0.3 is 0 Å². The van der Waals surface area contributed by atoms with Crippen LogP contribution in [0.1, 0.15) is 35.4 Å². The zero-order valence-corrected chi connectivity index (χ0v) is 12.7. The van der Waals surface area contributed by atoms with Gasteiger partial charge in [0.05, 0.1) is 0 Å². The van der Waals surface area contributed by atoms with Crippen LogP contribution >= 0.6 is 0 Å². The highest BCUT2D eigenvalue weighted by molar-refractivity contribution is 5.94. The number of carbonyl (C=O) groups excluding carboxylic acids is 1. The Bertz CT molecular complexity index is 655. The molecule has 2 heterocycles. The Morgan fingerprint density at radius 1 is 1.50 bits per heavy atom. The van der Waals surface area contributed by atoms with E-state index in [9.17, 15) is 4.79 Å². The fourth-order valence-electron chi connectivity index (χ4n) is 2.80. The molecule has 1 saturated carbocycles. The maximum atomic E-state index is 12.4. The molecule has 22 heavy (non-hydrogen) atoms. The number of carbonyl (C=O) groups is 1. The maximum Gasteiger partial charge on any atom is 0.271 e. The lowest BCUT2D eigenvalue weighted by Gasteiger charge is -2.40. The van der Waals surface area contributed by atoms with E-state index in [1.165, 1.54) is 6.42 Å². The van der Waals surface area contributed by atoms with Gasteiger partial charge in [0.15, 0.2) is 0 Å². The lowest BCUT2D eigenvalue weighted by Crippen LogP contribution is -2.47. The van der Waals surface area contributed by atoms with Crippen LogP contribution in [0, 0.1) is 12.3 Å². The number of aromatic nitrogens is 3. The summed E-state index contributed by atoms with van der Waals surface area (Å²) in [7, 11) is 0. The summed E-state index contributed by atoms with van der Waals surface area (Å²) in [5.74, 6) is 0.511. The van der Waals surface area contributed by atoms with Crippen molar-refractivity contribution in [2.24, 2.45) is 11.1 Å². The van der Waals surface area contributed by atoms with Crippen molar-refractivity contribution in [1.29, 1.82) is 0 Å². The molecular weight excluding hydrogens is 278 g/mol. The van der Waals surface area contributed by atoms with Gasteiger partial charge in [-0.1, -0.05) is 6.42 Å². The Hall–Kier alpha value is -2.21. The van der Waals surface area contributed by atoms with Gasteiger partial charge in [0.25, 0.3) is 5.91 Å². The molecule has 0 aliphatic heterocycles. The van der Waals surface area contributed by atoms with Crippen molar-refractivity contribution in [2.45, 2.75) is 26.2 Å². The van der Waals surface area contributed by atoms with Crippen LogP contribution in [-0.4, -0.2) is 33.9 Å². The first-order valence-electron chi connectivity index (χ1n) is 7.59. The van der Waals surface area contributed by atoms with Gasteiger partial charge in [0.1, 0.15) is 11.5 Å². The molecule has 6 nitrogen and oxygen atoms in total. The van der Waals surface area contributed by atoms with E-state index >= 15 is 0 Å². The Kier molecular flexibility index (Phi) is 3.94. The van der Waals surface area contributed by atoms with Crippen molar-refractivity contribution in [2.75, 3.05) is 13.1 Å². The number of amides is 1. The summed E-state index contributed by atoms with van der Waals surface area (Å²) in [4.78, 5) is 24.0. The molecule has 0 spiro atoms. The average molecular weight is 299 g/mol. The molecule has 0 bridgehead atoms. The number of imidazole rings is 1. The highest BCUT2D eigenvalue weighted by Gasteiger charge is 2.36. The van der Waals surface area contributed by atoms with Crippen LogP contribution in [0.15, 0.2) is 24.5 Å². The number of hydrogen-bond acceptors (Lipinski definition) is 4. The largest absolute Gasteiger partial charge is 0.350 e. The zero-order valence-electron chi connectivity index (χ0n) is 12.7. The number of nitrogens with zero attached hydrogens (tertiary/aromatic N) is 2. The number of aromatic amines is 1. The first-order chi connectivity index (χ1) is 10.6. The van der Waals surface area contributed by atoms with Crippen molar-refractivity contribution in [3.05, 3.63) is 35.9 Å². The predicted molar refractivity (Wildman–Crippen MR) is 84.2 cm³/mol. The summed E-state index contributed by atoms with van der Waals surface area (Å²) >= 11 is 0. The van der Waals surface area contributed by atoms with Crippen molar-refractivity contribution < 1.29 is 4.79 Å². The molecule has 1 fully saturated rings. The number of nitrogens with two attached hydrogens (primary N) is 1. The molecule has 116 valence electrons. The number of aryl methyl sites for hydroxylation is 1. The van der Waals surface area contributed by atoms with E-state index in [1.807, 2.05) is 19.1 Å². The quantitative estimate of drug-likeness (QED) is 0.782. The minimum atomic E-state index is -0.149. The van der Waals surface area contributed by atoms with Crippen LogP contribution in [0.2, 0.25) is 0 Å². The molecule has 1 amide bonds. The minimum Gasteiger partial charge on any atom is -0.350 e. The summed E-state index contributed by atoms with van der Waals surface area (Å²) in [5, 5.41) is 2.98. The number of rotatable bonds is 5.